The molecule has 206 valence electrons. The van der Waals surface area contributed by atoms with Gasteiger partial charge in [-0.2, -0.15) is 0 Å². The minimum absolute atomic E-state index is 0.0418. The van der Waals surface area contributed by atoms with Crippen LogP contribution < -0.4 is 0 Å². The maximum atomic E-state index is 12.5. The highest BCUT2D eigenvalue weighted by molar-refractivity contribution is 8.88. The number of carbonyl (C=O) groups excluding carboxylic acids is 3. The van der Waals surface area contributed by atoms with Crippen molar-refractivity contribution >= 4 is 114 Å². The van der Waals surface area contributed by atoms with Crippen molar-refractivity contribution in [3.63, 3.8) is 0 Å². The minimum atomic E-state index is 0.0418. The summed E-state index contributed by atoms with van der Waals surface area (Å²) < 4.78 is 22.2. The Morgan fingerprint density at radius 3 is 1.25 bits per heavy atom. The molecule has 0 radical (unpaired) electrons. The van der Waals surface area contributed by atoms with Crippen molar-refractivity contribution in [2.45, 2.75) is 5.25 Å². The predicted octanol–water partition coefficient (Wildman–Crippen LogP) is 5.80. The Balaban J connectivity index is 1.37. The van der Waals surface area contributed by atoms with Crippen molar-refractivity contribution in [1.82, 2.24) is 12.9 Å². The molecule has 0 amide bonds. The Kier molecular flexibility index (Phi) is 17.9. The van der Waals surface area contributed by atoms with E-state index in [0.29, 0.717) is 51.1 Å². The first-order valence-electron chi connectivity index (χ1n) is 11.1. The number of morpholine rings is 3. The minimum Gasteiger partial charge on any atom is -0.379 e. The van der Waals surface area contributed by atoms with Crippen LogP contribution in [0.25, 0.3) is 0 Å². The van der Waals surface area contributed by atoms with E-state index in [1.807, 2.05) is 12.9 Å². The fourth-order valence-electron chi connectivity index (χ4n) is 2.80. The van der Waals surface area contributed by atoms with E-state index in [-0.39, 0.29) is 18.6 Å². The van der Waals surface area contributed by atoms with E-state index < -0.39 is 0 Å². The average Bonchev–Trinajstić information content (AvgIpc) is 2.88. The molecule has 0 atom stereocenters. The Hall–Kier alpha value is 1.92. The molecule has 3 aliphatic rings. The molecular formula is C18H29N3O6S9. The first-order chi connectivity index (χ1) is 17.6. The van der Waals surface area contributed by atoms with Gasteiger partial charge in [-0.05, 0) is 32.4 Å². The lowest BCUT2D eigenvalue weighted by molar-refractivity contribution is 0.0775. The Bertz CT molecular complexity index is 645. The summed E-state index contributed by atoms with van der Waals surface area (Å²) in [4.78, 5) is 37.2. The molecule has 0 aromatic heterocycles. The fourth-order valence-corrected chi connectivity index (χ4v) is 14.0. The Labute approximate surface area is 249 Å². The van der Waals surface area contributed by atoms with Crippen LogP contribution in [0.2, 0.25) is 0 Å². The van der Waals surface area contributed by atoms with Gasteiger partial charge in [-0.15, -0.1) is 0 Å². The molecule has 0 saturated carbocycles. The molecule has 0 N–H and O–H groups in total. The van der Waals surface area contributed by atoms with Crippen molar-refractivity contribution in [2.75, 3.05) is 90.4 Å². The highest BCUT2D eigenvalue weighted by Crippen LogP contribution is 2.41. The summed E-state index contributed by atoms with van der Waals surface area (Å²) >= 11 is 3.74. The summed E-state index contributed by atoms with van der Waals surface area (Å²) in [5.41, 5.74) is 0. The molecule has 0 aliphatic carbocycles. The van der Waals surface area contributed by atoms with Crippen molar-refractivity contribution in [3.05, 3.63) is 0 Å². The van der Waals surface area contributed by atoms with E-state index in [1.165, 1.54) is 101 Å². The lowest BCUT2D eigenvalue weighted by Gasteiger charge is -2.24. The van der Waals surface area contributed by atoms with Gasteiger partial charge in [0.2, 0.25) is 0 Å². The number of carbonyl (C=O) groups is 3. The third kappa shape index (κ3) is 14.5. The third-order valence-electron chi connectivity index (χ3n) is 4.54. The van der Waals surface area contributed by atoms with E-state index in [4.69, 9.17) is 14.2 Å². The maximum absolute atomic E-state index is 12.5. The highest BCUT2D eigenvalue weighted by atomic mass is 33.1. The summed E-state index contributed by atoms with van der Waals surface area (Å²) in [6.07, 6.45) is 0. The lowest BCUT2D eigenvalue weighted by atomic mass is 10.5. The number of ether oxygens (including phenoxy) is 3. The van der Waals surface area contributed by atoms with Crippen LogP contribution in [0, 0.1) is 0 Å². The molecule has 0 spiro atoms. The van der Waals surface area contributed by atoms with Crippen molar-refractivity contribution < 1.29 is 28.6 Å². The van der Waals surface area contributed by atoms with Crippen LogP contribution in [0.15, 0.2) is 0 Å². The van der Waals surface area contributed by atoms with E-state index in [0.717, 1.165) is 39.3 Å². The van der Waals surface area contributed by atoms with Crippen LogP contribution >= 0.6 is 101 Å². The third-order valence-corrected chi connectivity index (χ3v) is 16.1. The zero-order valence-corrected chi connectivity index (χ0v) is 26.8. The SMILES string of the molecule is O=C(SSCC(CSSC(=O)SN1CCOCC1)SSC(=O)SN1CCOCC1)SN1CCOCC1. The second kappa shape index (κ2) is 19.9. The Morgan fingerprint density at radius 2 is 0.889 bits per heavy atom. The summed E-state index contributed by atoms with van der Waals surface area (Å²) in [6, 6.07) is 0. The van der Waals surface area contributed by atoms with Gasteiger partial charge in [-0.1, -0.05) is 32.4 Å². The molecule has 3 saturated heterocycles. The quantitative estimate of drug-likeness (QED) is 0.196. The zero-order chi connectivity index (χ0) is 25.4. The molecule has 18 heteroatoms. The normalized spacial score (nSPS) is 20.6. The van der Waals surface area contributed by atoms with Crippen LogP contribution in [0.1, 0.15) is 0 Å². The molecule has 0 aromatic carbocycles. The van der Waals surface area contributed by atoms with Gasteiger partial charge in [0.05, 0.1) is 39.6 Å². The molecule has 3 aliphatic heterocycles. The molecule has 3 rings (SSSR count). The molecular weight excluding hydrogens is 643 g/mol. The van der Waals surface area contributed by atoms with E-state index in [1.54, 1.807) is 0 Å². The second-order valence-electron chi connectivity index (χ2n) is 7.19. The largest absolute Gasteiger partial charge is 0.379 e. The fraction of sp³-hybridized carbons (Fsp3) is 0.833. The predicted molar refractivity (Wildman–Crippen MR) is 165 cm³/mol. The monoisotopic (exact) mass is 671 g/mol. The van der Waals surface area contributed by atoms with Crippen molar-refractivity contribution in [1.29, 1.82) is 0 Å². The maximum Gasteiger partial charge on any atom is 0.271 e. The molecule has 3 fully saturated rings. The summed E-state index contributed by atoms with van der Waals surface area (Å²) in [5.74, 6) is 1.40. The van der Waals surface area contributed by atoms with E-state index >= 15 is 0 Å². The molecule has 0 unspecified atom stereocenters. The van der Waals surface area contributed by atoms with E-state index in [2.05, 4.69) is 0 Å². The second-order valence-corrected chi connectivity index (χ2v) is 18.3. The molecule has 36 heavy (non-hydrogen) atoms. The van der Waals surface area contributed by atoms with Gasteiger partial charge in [0, 0.05) is 91.9 Å². The van der Waals surface area contributed by atoms with Crippen LogP contribution in [-0.2, 0) is 14.2 Å². The van der Waals surface area contributed by atoms with Crippen molar-refractivity contribution in [3.8, 4) is 0 Å². The van der Waals surface area contributed by atoms with Gasteiger partial charge in [0.1, 0.15) is 0 Å². The average molecular weight is 672 g/mol. The topological polar surface area (TPSA) is 88.6 Å². The van der Waals surface area contributed by atoms with Crippen LogP contribution in [0.3, 0.4) is 0 Å². The Morgan fingerprint density at radius 1 is 0.556 bits per heavy atom. The zero-order valence-electron chi connectivity index (χ0n) is 19.4. The molecule has 3 heterocycles. The van der Waals surface area contributed by atoms with Crippen LogP contribution in [-0.4, -0.2) is 122 Å². The van der Waals surface area contributed by atoms with Gasteiger partial charge >= 0.3 is 0 Å². The molecule has 9 nitrogen and oxygen atoms in total. The van der Waals surface area contributed by atoms with Gasteiger partial charge < -0.3 is 14.2 Å². The van der Waals surface area contributed by atoms with Gasteiger partial charge in [-0.25, -0.2) is 12.9 Å². The molecule has 0 bridgehead atoms. The van der Waals surface area contributed by atoms with Gasteiger partial charge in [-0.3, -0.25) is 14.4 Å². The standard InChI is InChI=1S/C18H29N3O6S9/c22-16(30-19-1-7-25-8-2-19)34-28-13-15(33-36-18(24)32-21-5-11-27-12-6-21)14-29-35-17(23)31-20-3-9-26-10-4-20/h15H,1-14H2. The lowest BCUT2D eigenvalue weighted by Crippen LogP contribution is -2.31. The van der Waals surface area contributed by atoms with Crippen LogP contribution in [0.5, 0.6) is 0 Å². The van der Waals surface area contributed by atoms with Crippen LogP contribution in [0.4, 0.5) is 14.4 Å². The smallest absolute Gasteiger partial charge is 0.271 e. The first-order valence-corrected chi connectivity index (χ1v) is 20.3. The summed E-state index contributed by atoms with van der Waals surface area (Å²) in [5, 5.41) is 0.113. The van der Waals surface area contributed by atoms with Crippen molar-refractivity contribution in [2.24, 2.45) is 0 Å². The number of hydrogen-bond donors (Lipinski definition) is 0. The van der Waals surface area contributed by atoms with Gasteiger partial charge in [0.15, 0.2) is 0 Å². The van der Waals surface area contributed by atoms with E-state index in [9.17, 15) is 14.4 Å². The van der Waals surface area contributed by atoms with Gasteiger partial charge in [0.25, 0.3) is 13.3 Å². The first kappa shape index (κ1) is 32.4. The number of rotatable bonds is 11. The highest BCUT2D eigenvalue weighted by Gasteiger charge is 2.22. The number of hydrogen-bond acceptors (Lipinski definition) is 18. The summed E-state index contributed by atoms with van der Waals surface area (Å²) in [7, 11) is 8.26. The summed E-state index contributed by atoms with van der Waals surface area (Å²) in [6.45, 7) is 8.42. The number of nitrogens with zero attached hydrogens (tertiary/aromatic N) is 3. The molecule has 0 aromatic rings.